The Bertz CT molecular complexity index is 836. The lowest BCUT2D eigenvalue weighted by atomic mass is 10.1. The smallest absolute Gasteiger partial charge is 0.119 e. The molecular formula is C22H25NOS. The Balaban J connectivity index is 1.67. The summed E-state index contributed by atoms with van der Waals surface area (Å²) >= 11 is 1.73. The molecule has 0 unspecified atom stereocenters. The highest BCUT2D eigenvalue weighted by atomic mass is 32.1. The zero-order valence-electron chi connectivity index (χ0n) is 15.4. The molecule has 0 aliphatic rings. The van der Waals surface area contributed by atoms with Crippen LogP contribution in [-0.4, -0.2) is 11.6 Å². The third kappa shape index (κ3) is 4.70. The van der Waals surface area contributed by atoms with Gasteiger partial charge < -0.3 is 4.74 Å². The first-order valence-corrected chi connectivity index (χ1v) is 9.61. The van der Waals surface area contributed by atoms with Crippen molar-refractivity contribution in [1.82, 2.24) is 4.98 Å². The Labute approximate surface area is 154 Å². The summed E-state index contributed by atoms with van der Waals surface area (Å²) in [6.45, 7) is 9.48. The summed E-state index contributed by atoms with van der Waals surface area (Å²) in [5.41, 5.74) is 4.85. The molecule has 1 heterocycles. The number of benzene rings is 2. The van der Waals surface area contributed by atoms with E-state index in [-0.39, 0.29) is 0 Å². The van der Waals surface area contributed by atoms with Crippen LogP contribution in [0.5, 0.6) is 5.75 Å². The van der Waals surface area contributed by atoms with Gasteiger partial charge in [-0.25, -0.2) is 4.98 Å². The third-order valence-electron chi connectivity index (χ3n) is 4.28. The molecule has 0 spiro atoms. The molecule has 3 heteroatoms. The van der Waals surface area contributed by atoms with Crippen LogP contribution in [0.15, 0.2) is 36.4 Å². The van der Waals surface area contributed by atoms with Crippen molar-refractivity contribution in [2.45, 2.75) is 34.1 Å². The number of hydrogen-bond acceptors (Lipinski definition) is 3. The molecule has 0 saturated carbocycles. The number of nitrogens with zero attached hydrogens (tertiary/aromatic N) is 1. The number of aryl methyl sites for hydroxylation is 2. The van der Waals surface area contributed by atoms with Crippen LogP contribution in [-0.2, 0) is 0 Å². The van der Waals surface area contributed by atoms with Gasteiger partial charge in [-0.3, -0.25) is 0 Å². The number of thiazole rings is 1. The second-order valence-corrected chi connectivity index (χ2v) is 7.95. The van der Waals surface area contributed by atoms with E-state index in [1.54, 1.807) is 11.3 Å². The summed E-state index contributed by atoms with van der Waals surface area (Å²) in [5, 5.41) is 1.04. The van der Waals surface area contributed by atoms with Crippen LogP contribution < -0.4 is 4.74 Å². The van der Waals surface area contributed by atoms with Gasteiger partial charge in [-0.2, -0.15) is 0 Å². The molecule has 2 aromatic carbocycles. The maximum Gasteiger partial charge on any atom is 0.119 e. The van der Waals surface area contributed by atoms with E-state index in [0.29, 0.717) is 5.92 Å². The van der Waals surface area contributed by atoms with Crippen molar-refractivity contribution >= 4 is 33.7 Å². The number of fused-ring (bicyclic) bond motifs is 1. The van der Waals surface area contributed by atoms with Gasteiger partial charge in [-0.05, 0) is 73.2 Å². The first kappa shape index (κ1) is 17.7. The van der Waals surface area contributed by atoms with Crippen molar-refractivity contribution < 1.29 is 4.74 Å². The van der Waals surface area contributed by atoms with Crippen LogP contribution >= 0.6 is 11.3 Å². The molecule has 3 rings (SSSR count). The van der Waals surface area contributed by atoms with Gasteiger partial charge in [-0.1, -0.05) is 32.1 Å². The zero-order valence-corrected chi connectivity index (χ0v) is 16.2. The zero-order chi connectivity index (χ0) is 17.8. The molecule has 0 aliphatic carbocycles. The quantitative estimate of drug-likeness (QED) is 0.505. The van der Waals surface area contributed by atoms with E-state index in [1.807, 2.05) is 12.1 Å². The lowest BCUT2D eigenvalue weighted by molar-refractivity contribution is 0.289. The Kier molecular flexibility index (Phi) is 5.54. The topological polar surface area (TPSA) is 22.1 Å². The number of rotatable bonds is 6. The van der Waals surface area contributed by atoms with Gasteiger partial charge in [0.05, 0.1) is 16.8 Å². The molecule has 0 amide bonds. The highest BCUT2D eigenvalue weighted by Crippen LogP contribution is 2.26. The van der Waals surface area contributed by atoms with E-state index in [2.05, 4.69) is 64.1 Å². The molecule has 0 radical (unpaired) electrons. The van der Waals surface area contributed by atoms with Crippen LogP contribution in [0, 0.1) is 19.8 Å². The lowest BCUT2D eigenvalue weighted by Gasteiger charge is -2.07. The molecule has 3 aromatic rings. The van der Waals surface area contributed by atoms with E-state index in [1.165, 1.54) is 15.8 Å². The Morgan fingerprint density at radius 2 is 1.76 bits per heavy atom. The van der Waals surface area contributed by atoms with Crippen LogP contribution in [0.2, 0.25) is 0 Å². The normalized spacial score (nSPS) is 11.7. The second kappa shape index (κ2) is 7.83. The van der Waals surface area contributed by atoms with E-state index in [9.17, 15) is 0 Å². The minimum absolute atomic E-state index is 0.670. The van der Waals surface area contributed by atoms with Crippen molar-refractivity contribution in [3.8, 4) is 5.75 Å². The number of ether oxygens (including phenoxy) is 1. The van der Waals surface area contributed by atoms with Crippen LogP contribution in [0.25, 0.3) is 22.4 Å². The van der Waals surface area contributed by atoms with Crippen LogP contribution in [0.4, 0.5) is 0 Å². The van der Waals surface area contributed by atoms with Crippen molar-refractivity contribution in [3.63, 3.8) is 0 Å². The summed E-state index contributed by atoms with van der Waals surface area (Å²) < 4.78 is 7.01. The Hall–Kier alpha value is -2.13. The minimum atomic E-state index is 0.670. The number of hydrogen-bond donors (Lipinski definition) is 0. The third-order valence-corrected chi connectivity index (χ3v) is 5.27. The summed E-state index contributed by atoms with van der Waals surface area (Å²) in [7, 11) is 0. The fraction of sp³-hybridized carbons (Fsp3) is 0.318. The molecule has 25 heavy (non-hydrogen) atoms. The van der Waals surface area contributed by atoms with E-state index < -0.39 is 0 Å². The largest absolute Gasteiger partial charge is 0.494 e. The first-order chi connectivity index (χ1) is 12.0. The van der Waals surface area contributed by atoms with Gasteiger partial charge >= 0.3 is 0 Å². The van der Waals surface area contributed by atoms with Crippen molar-refractivity contribution in [2.75, 3.05) is 6.61 Å². The average molecular weight is 352 g/mol. The Morgan fingerprint density at radius 1 is 1.04 bits per heavy atom. The van der Waals surface area contributed by atoms with Gasteiger partial charge in [0.2, 0.25) is 0 Å². The molecule has 0 bridgehead atoms. The maximum absolute atomic E-state index is 5.76. The molecular weight excluding hydrogens is 326 g/mol. The highest BCUT2D eigenvalue weighted by Gasteiger charge is 2.04. The van der Waals surface area contributed by atoms with Gasteiger partial charge in [-0.15, -0.1) is 11.3 Å². The maximum atomic E-state index is 5.76. The first-order valence-electron chi connectivity index (χ1n) is 8.80. The molecule has 2 nitrogen and oxygen atoms in total. The molecule has 0 aliphatic heterocycles. The van der Waals surface area contributed by atoms with Crippen molar-refractivity contribution in [1.29, 1.82) is 0 Å². The summed E-state index contributed by atoms with van der Waals surface area (Å²) in [4.78, 5) is 4.71. The summed E-state index contributed by atoms with van der Waals surface area (Å²) in [6, 6.07) is 12.6. The average Bonchev–Trinajstić information content (AvgIpc) is 2.96. The van der Waals surface area contributed by atoms with Gasteiger partial charge in [0.15, 0.2) is 0 Å². The summed E-state index contributed by atoms with van der Waals surface area (Å²) in [5.74, 6) is 1.60. The monoisotopic (exact) mass is 351 g/mol. The van der Waals surface area contributed by atoms with E-state index >= 15 is 0 Å². The van der Waals surface area contributed by atoms with Crippen LogP contribution in [0.1, 0.15) is 42.0 Å². The minimum Gasteiger partial charge on any atom is -0.494 e. The van der Waals surface area contributed by atoms with Crippen molar-refractivity contribution in [3.05, 3.63) is 58.1 Å². The van der Waals surface area contributed by atoms with E-state index in [4.69, 9.17) is 9.72 Å². The predicted molar refractivity (Wildman–Crippen MR) is 109 cm³/mol. The fourth-order valence-corrected chi connectivity index (χ4v) is 3.47. The molecule has 130 valence electrons. The van der Waals surface area contributed by atoms with Gasteiger partial charge in [0.1, 0.15) is 10.8 Å². The predicted octanol–water partition coefficient (Wildman–Crippen LogP) is 6.51. The van der Waals surface area contributed by atoms with Crippen LogP contribution in [0.3, 0.4) is 0 Å². The molecule has 0 N–H and O–H groups in total. The fourth-order valence-electron chi connectivity index (χ4n) is 2.52. The molecule has 1 aromatic heterocycles. The van der Waals surface area contributed by atoms with E-state index in [0.717, 1.165) is 34.9 Å². The SMILES string of the molecule is Cc1cc2nc(/C=C/c3ccc(OCCC(C)C)cc3)sc2cc1C. The molecule has 0 atom stereocenters. The highest BCUT2D eigenvalue weighted by molar-refractivity contribution is 7.19. The lowest BCUT2D eigenvalue weighted by Crippen LogP contribution is -2.01. The standard InChI is InChI=1S/C22H25NOS/c1-15(2)11-12-24-19-8-5-18(6-9-19)7-10-22-23-20-13-16(3)17(4)14-21(20)25-22/h5-10,13-15H,11-12H2,1-4H3/b10-7+. The molecule has 0 saturated heterocycles. The second-order valence-electron chi connectivity index (χ2n) is 6.89. The summed E-state index contributed by atoms with van der Waals surface area (Å²) in [6.07, 6.45) is 5.28. The van der Waals surface area contributed by atoms with Gasteiger partial charge in [0, 0.05) is 0 Å². The Morgan fingerprint density at radius 3 is 2.48 bits per heavy atom. The van der Waals surface area contributed by atoms with Gasteiger partial charge in [0.25, 0.3) is 0 Å². The molecule has 0 fully saturated rings. The number of aromatic nitrogens is 1. The van der Waals surface area contributed by atoms with Crippen molar-refractivity contribution in [2.24, 2.45) is 5.92 Å².